The zero-order valence-electron chi connectivity index (χ0n) is 9.33. The normalized spacial score (nSPS) is 35.6. The molecule has 2 fully saturated rings. The van der Waals surface area contributed by atoms with Gasteiger partial charge in [-0.1, -0.05) is 6.92 Å². The molecule has 0 amide bonds. The highest BCUT2D eigenvalue weighted by Crippen LogP contribution is 2.24. The number of fused-ring (bicyclic) bond motifs is 1. The van der Waals surface area contributed by atoms with Crippen molar-refractivity contribution in [2.45, 2.75) is 44.4 Å². The number of nitrogens with zero attached hydrogens (tertiary/aromatic N) is 1. The summed E-state index contributed by atoms with van der Waals surface area (Å²) < 4.78 is 5.93. The van der Waals surface area contributed by atoms with E-state index in [2.05, 4.69) is 17.1 Å². The second-order valence-corrected chi connectivity index (χ2v) is 4.47. The molecule has 0 aromatic carbocycles. The summed E-state index contributed by atoms with van der Waals surface area (Å²) >= 11 is 0. The first-order valence-electron chi connectivity index (χ1n) is 5.88. The molecule has 2 rings (SSSR count). The molecule has 0 radical (unpaired) electrons. The molecule has 3 nitrogen and oxygen atoms in total. The van der Waals surface area contributed by atoms with Gasteiger partial charge >= 0.3 is 0 Å². The molecule has 3 atom stereocenters. The summed E-state index contributed by atoms with van der Waals surface area (Å²) in [7, 11) is 2.04. The average molecular weight is 198 g/mol. The van der Waals surface area contributed by atoms with Crippen LogP contribution < -0.4 is 5.32 Å². The van der Waals surface area contributed by atoms with E-state index >= 15 is 0 Å². The molecule has 14 heavy (non-hydrogen) atoms. The van der Waals surface area contributed by atoms with Crippen molar-refractivity contribution in [1.29, 1.82) is 0 Å². The lowest BCUT2D eigenvalue weighted by atomic mass is 10.1. The molecule has 0 aromatic rings. The second kappa shape index (κ2) is 4.60. The Labute approximate surface area is 86.8 Å². The molecule has 2 heterocycles. The van der Waals surface area contributed by atoms with E-state index < -0.39 is 0 Å². The summed E-state index contributed by atoms with van der Waals surface area (Å²) in [4.78, 5) is 2.61. The van der Waals surface area contributed by atoms with Crippen LogP contribution in [0.1, 0.15) is 26.2 Å². The van der Waals surface area contributed by atoms with Crippen LogP contribution in [0, 0.1) is 0 Å². The number of morpholine rings is 1. The monoisotopic (exact) mass is 198 g/mol. The van der Waals surface area contributed by atoms with Crippen molar-refractivity contribution in [2.75, 3.05) is 26.7 Å². The van der Waals surface area contributed by atoms with Gasteiger partial charge < -0.3 is 10.1 Å². The number of hydrogen-bond donors (Lipinski definition) is 1. The van der Waals surface area contributed by atoms with Crippen LogP contribution in [0.25, 0.3) is 0 Å². The van der Waals surface area contributed by atoms with Gasteiger partial charge in [-0.15, -0.1) is 0 Å². The van der Waals surface area contributed by atoms with Gasteiger partial charge in [0.25, 0.3) is 0 Å². The van der Waals surface area contributed by atoms with Gasteiger partial charge in [0.1, 0.15) is 0 Å². The number of rotatable bonds is 3. The smallest absolute Gasteiger partial charge is 0.0855 e. The molecule has 0 saturated carbocycles. The highest BCUT2D eigenvalue weighted by Gasteiger charge is 2.34. The van der Waals surface area contributed by atoms with E-state index in [0.717, 1.165) is 25.6 Å². The van der Waals surface area contributed by atoms with E-state index in [-0.39, 0.29) is 0 Å². The molecule has 3 unspecified atom stereocenters. The van der Waals surface area contributed by atoms with Crippen molar-refractivity contribution >= 4 is 0 Å². The minimum Gasteiger partial charge on any atom is -0.374 e. The predicted octanol–water partition coefficient (Wildman–Crippen LogP) is 0.848. The molecular weight excluding hydrogens is 176 g/mol. The maximum atomic E-state index is 5.93. The summed E-state index contributed by atoms with van der Waals surface area (Å²) in [5, 5.41) is 3.35. The molecule has 0 bridgehead atoms. The summed E-state index contributed by atoms with van der Waals surface area (Å²) in [5.74, 6) is 0. The molecule has 3 heteroatoms. The number of nitrogens with one attached hydrogen (secondary N) is 1. The summed E-state index contributed by atoms with van der Waals surface area (Å²) in [6.07, 6.45) is 4.25. The van der Waals surface area contributed by atoms with Gasteiger partial charge in [-0.2, -0.15) is 0 Å². The quantitative estimate of drug-likeness (QED) is 0.727. The van der Waals surface area contributed by atoms with Gasteiger partial charge in [-0.3, -0.25) is 4.90 Å². The molecule has 0 spiro atoms. The van der Waals surface area contributed by atoms with Crippen LogP contribution in [0.4, 0.5) is 0 Å². The van der Waals surface area contributed by atoms with E-state index in [0.29, 0.717) is 12.1 Å². The van der Waals surface area contributed by atoms with Crippen molar-refractivity contribution in [3.63, 3.8) is 0 Å². The molecule has 2 saturated heterocycles. The summed E-state index contributed by atoms with van der Waals surface area (Å²) in [6.45, 7) is 5.58. The minimum absolute atomic E-state index is 0.402. The van der Waals surface area contributed by atoms with Gasteiger partial charge in [0.2, 0.25) is 0 Å². The molecule has 82 valence electrons. The number of ether oxygens (including phenoxy) is 1. The van der Waals surface area contributed by atoms with Crippen LogP contribution >= 0.6 is 0 Å². The Morgan fingerprint density at radius 1 is 1.57 bits per heavy atom. The molecule has 1 N–H and O–H groups in total. The second-order valence-electron chi connectivity index (χ2n) is 4.47. The molecule has 2 aliphatic heterocycles. The van der Waals surface area contributed by atoms with Gasteiger partial charge in [0.15, 0.2) is 0 Å². The Morgan fingerprint density at radius 3 is 3.14 bits per heavy atom. The third-order valence-electron chi connectivity index (χ3n) is 3.68. The Kier molecular flexibility index (Phi) is 3.42. The first kappa shape index (κ1) is 10.4. The highest BCUT2D eigenvalue weighted by atomic mass is 16.5. The van der Waals surface area contributed by atoms with Crippen LogP contribution in [0.5, 0.6) is 0 Å². The first-order chi connectivity index (χ1) is 6.85. The Bertz CT molecular complexity index is 182. The fourth-order valence-corrected chi connectivity index (χ4v) is 2.74. The lowest BCUT2D eigenvalue weighted by molar-refractivity contribution is -0.0639. The average Bonchev–Trinajstić information content (AvgIpc) is 2.66. The lowest BCUT2D eigenvalue weighted by Crippen LogP contribution is -2.53. The summed E-state index contributed by atoms with van der Waals surface area (Å²) in [6, 6.07) is 1.25. The van der Waals surface area contributed by atoms with Gasteiger partial charge in [-0.25, -0.2) is 0 Å². The fourth-order valence-electron chi connectivity index (χ4n) is 2.74. The predicted molar refractivity (Wildman–Crippen MR) is 57.5 cm³/mol. The summed E-state index contributed by atoms with van der Waals surface area (Å²) in [5.41, 5.74) is 0. The van der Waals surface area contributed by atoms with E-state index in [1.165, 1.54) is 19.4 Å². The largest absolute Gasteiger partial charge is 0.374 e. The van der Waals surface area contributed by atoms with Crippen molar-refractivity contribution in [1.82, 2.24) is 10.2 Å². The standard InChI is InChI=1S/C11H22N2O/c1-3-10(12-2)11-7-13-6-4-5-9(13)8-14-11/h9-12H,3-8H2,1-2H3. The minimum atomic E-state index is 0.402. The molecular formula is C11H22N2O. The Morgan fingerprint density at radius 2 is 2.43 bits per heavy atom. The third-order valence-corrected chi connectivity index (χ3v) is 3.68. The van der Waals surface area contributed by atoms with Gasteiger partial charge in [0.05, 0.1) is 12.7 Å². The Balaban J connectivity index is 1.90. The van der Waals surface area contributed by atoms with Crippen LogP contribution in [0.15, 0.2) is 0 Å². The van der Waals surface area contributed by atoms with E-state index in [9.17, 15) is 0 Å². The maximum Gasteiger partial charge on any atom is 0.0855 e. The van der Waals surface area contributed by atoms with Crippen molar-refractivity contribution < 1.29 is 4.74 Å². The molecule has 2 aliphatic rings. The maximum absolute atomic E-state index is 5.93. The fraction of sp³-hybridized carbons (Fsp3) is 1.00. The van der Waals surface area contributed by atoms with E-state index in [1.54, 1.807) is 0 Å². The zero-order valence-corrected chi connectivity index (χ0v) is 9.33. The van der Waals surface area contributed by atoms with Gasteiger partial charge in [0, 0.05) is 18.6 Å². The highest BCUT2D eigenvalue weighted by molar-refractivity contribution is 4.89. The number of hydrogen-bond acceptors (Lipinski definition) is 3. The lowest BCUT2D eigenvalue weighted by Gasteiger charge is -2.38. The third kappa shape index (κ3) is 1.95. The van der Waals surface area contributed by atoms with Crippen molar-refractivity contribution in [2.24, 2.45) is 0 Å². The number of likely N-dealkylation sites (N-methyl/N-ethyl adjacent to an activating group) is 1. The molecule has 0 aromatic heterocycles. The van der Waals surface area contributed by atoms with Crippen molar-refractivity contribution in [3.05, 3.63) is 0 Å². The van der Waals surface area contributed by atoms with Crippen molar-refractivity contribution in [3.8, 4) is 0 Å². The Hall–Kier alpha value is -0.120. The van der Waals surface area contributed by atoms with Crippen LogP contribution in [-0.4, -0.2) is 49.8 Å². The van der Waals surface area contributed by atoms with Crippen LogP contribution in [0.2, 0.25) is 0 Å². The zero-order chi connectivity index (χ0) is 9.97. The van der Waals surface area contributed by atoms with E-state index in [1.807, 2.05) is 7.05 Å². The van der Waals surface area contributed by atoms with Crippen LogP contribution in [0.3, 0.4) is 0 Å². The SMILES string of the molecule is CCC(NC)C1CN2CCCC2CO1. The first-order valence-corrected chi connectivity index (χ1v) is 5.88. The van der Waals surface area contributed by atoms with Gasteiger partial charge in [-0.05, 0) is 32.9 Å². The molecule has 0 aliphatic carbocycles. The topological polar surface area (TPSA) is 24.5 Å². The van der Waals surface area contributed by atoms with E-state index in [4.69, 9.17) is 4.74 Å². The van der Waals surface area contributed by atoms with Crippen LogP contribution in [-0.2, 0) is 4.74 Å².